The summed E-state index contributed by atoms with van der Waals surface area (Å²) < 4.78 is 1.90. The fraction of sp³-hybridized carbons (Fsp3) is 0.375. The summed E-state index contributed by atoms with van der Waals surface area (Å²) in [6.07, 6.45) is 3.01. The zero-order valence-electron chi connectivity index (χ0n) is 7.84. The third kappa shape index (κ3) is 1.74. The second-order valence-corrected chi connectivity index (χ2v) is 3.92. The lowest BCUT2D eigenvalue weighted by Crippen LogP contribution is -1.96. The van der Waals surface area contributed by atoms with Crippen LogP contribution in [0, 0.1) is 0 Å². The standard InChI is InChI=1S/C8H11N5S/c1-2-4-13-5-3-6(12-13)7-10-11-8(9)14-7/h3,5H,2,4H2,1H3,(H2,9,11). The molecule has 74 valence electrons. The van der Waals surface area contributed by atoms with Crippen molar-refractivity contribution in [2.45, 2.75) is 19.9 Å². The summed E-state index contributed by atoms with van der Waals surface area (Å²) in [5, 5.41) is 13.3. The number of hydrogen-bond acceptors (Lipinski definition) is 5. The van der Waals surface area contributed by atoms with Gasteiger partial charge in [-0.05, 0) is 12.5 Å². The van der Waals surface area contributed by atoms with Crippen LogP contribution in [0.15, 0.2) is 12.3 Å². The number of rotatable bonds is 3. The summed E-state index contributed by atoms with van der Waals surface area (Å²) in [6, 6.07) is 1.93. The van der Waals surface area contributed by atoms with Gasteiger partial charge in [-0.25, -0.2) is 0 Å². The highest BCUT2D eigenvalue weighted by Gasteiger charge is 2.07. The van der Waals surface area contributed by atoms with Crippen LogP contribution in [-0.4, -0.2) is 20.0 Å². The number of aryl methyl sites for hydroxylation is 1. The molecule has 0 aliphatic heterocycles. The Morgan fingerprint density at radius 1 is 1.50 bits per heavy atom. The second-order valence-electron chi connectivity index (χ2n) is 2.91. The van der Waals surface area contributed by atoms with E-state index in [1.54, 1.807) is 0 Å². The van der Waals surface area contributed by atoms with Gasteiger partial charge in [0.2, 0.25) is 5.13 Å². The molecular formula is C8H11N5S. The van der Waals surface area contributed by atoms with Crippen molar-refractivity contribution >= 4 is 16.5 Å². The molecule has 0 aliphatic carbocycles. The molecule has 0 saturated heterocycles. The molecule has 2 N–H and O–H groups in total. The Hall–Kier alpha value is -1.43. The molecular weight excluding hydrogens is 198 g/mol. The molecule has 0 aliphatic rings. The van der Waals surface area contributed by atoms with Crippen LogP contribution in [0.2, 0.25) is 0 Å². The van der Waals surface area contributed by atoms with Crippen molar-refractivity contribution in [2.75, 3.05) is 5.73 Å². The first-order valence-corrected chi connectivity index (χ1v) is 5.24. The van der Waals surface area contributed by atoms with Gasteiger partial charge in [0, 0.05) is 12.7 Å². The lowest BCUT2D eigenvalue weighted by molar-refractivity contribution is 0.604. The average molecular weight is 209 g/mol. The fourth-order valence-corrected chi connectivity index (χ4v) is 1.74. The van der Waals surface area contributed by atoms with Crippen molar-refractivity contribution in [3.8, 4) is 10.7 Å². The molecule has 0 spiro atoms. The van der Waals surface area contributed by atoms with Crippen LogP contribution < -0.4 is 5.73 Å². The molecule has 5 nitrogen and oxygen atoms in total. The summed E-state index contributed by atoms with van der Waals surface area (Å²) in [5.41, 5.74) is 6.33. The van der Waals surface area contributed by atoms with Crippen LogP contribution in [0.25, 0.3) is 10.7 Å². The van der Waals surface area contributed by atoms with Gasteiger partial charge in [-0.3, -0.25) is 4.68 Å². The van der Waals surface area contributed by atoms with Gasteiger partial charge in [-0.2, -0.15) is 5.10 Å². The maximum absolute atomic E-state index is 5.49. The first-order valence-electron chi connectivity index (χ1n) is 4.42. The SMILES string of the molecule is CCCn1ccc(-c2nnc(N)s2)n1. The van der Waals surface area contributed by atoms with E-state index in [1.807, 2.05) is 16.9 Å². The molecule has 6 heteroatoms. The molecule has 14 heavy (non-hydrogen) atoms. The van der Waals surface area contributed by atoms with Crippen LogP contribution in [0.4, 0.5) is 5.13 Å². The first-order chi connectivity index (χ1) is 6.79. The highest BCUT2D eigenvalue weighted by atomic mass is 32.1. The Bertz CT molecular complexity index is 419. The van der Waals surface area contributed by atoms with Gasteiger partial charge in [0.05, 0.1) is 0 Å². The van der Waals surface area contributed by atoms with E-state index in [4.69, 9.17) is 5.73 Å². The Balaban J connectivity index is 2.24. The summed E-state index contributed by atoms with van der Waals surface area (Å²) in [4.78, 5) is 0. The third-order valence-corrected chi connectivity index (χ3v) is 2.53. The van der Waals surface area contributed by atoms with E-state index in [2.05, 4.69) is 22.2 Å². The van der Waals surface area contributed by atoms with E-state index in [1.165, 1.54) is 11.3 Å². The van der Waals surface area contributed by atoms with Crippen molar-refractivity contribution in [1.29, 1.82) is 0 Å². The average Bonchev–Trinajstić information content (AvgIpc) is 2.74. The second kappa shape index (κ2) is 3.75. The topological polar surface area (TPSA) is 69.6 Å². The third-order valence-electron chi connectivity index (χ3n) is 1.75. The van der Waals surface area contributed by atoms with Crippen molar-refractivity contribution in [3.63, 3.8) is 0 Å². The van der Waals surface area contributed by atoms with Crippen LogP contribution in [0.1, 0.15) is 13.3 Å². The molecule has 0 fully saturated rings. The van der Waals surface area contributed by atoms with Crippen LogP contribution >= 0.6 is 11.3 Å². The molecule has 2 heterocycles. The number of anilines is 1. The van der Waals surface area contributed by atoms with E-state index in [0.29, 0.717) is 5.13 Å². The quantitative estimate of drug-likeness (QED) is 0.829. The molecule has 2 aromatic heterocycles. The smallest absolute Gasteiger partial charge is 0.203 e. The Labute approximate surface area is 85.6 Å². The first kappa shape index (κ1) is 9.14. The van der Waals surface area contributed by atoms with Crippen LogP contribution in [-0.2, 0) is 6.54 Å². The van der Waals surface area contributed by atoms with E-state index >= 15 is 0 Å². The van der Waals surface area contributed by atoms with Gasteiger partial charge < -0.3 is 5.73 Å². The Morgan fingerprint density at radius 2 is 2.36 bits per heavy atom. The predicted octanol–water partition coefficient (Wildman–Crippen LogP) is 1.39. The van der Waals surface area contributed by atoms with Gasteiger partial charge in [-0.15, -0.1) is 10.2 Å². The molecule has 0 amide bonds. The van der Waals surface area contributed by atoms with Crippen molar-refractivity contribution < 1.29 is 0 Å². The summed E-state index contributed by atoms with van der Waals surface area (Å²) in [6.45, 7) is 3.04. The predicted molar refractivity (Wildman–Crippen MR) is 55.8 cm³/mol. The fourth-order valence-electron chi connectivity index (χ4n) is 1.17. The lowest BCUT2D eigenvalue weighted by Gasteiger charge is -1.94. The monoisotopic (exact) mass is 209 g/mol. The van der Waals surface area contributed by atoms with Crippen molar-refractivity contribution in [3.05, 3.63) is 12.3 Å². The maximum Gasteiger partial charge on any atom is 0.203 e. The highest BCUT2D eigenvalue weighted by Crippen LogP contribution is 2.22. The highest BCUT2D eigenvalue weighted by molar-refractivity contribution is 7.18. The zero-order valence-corrected chi connectivity index (χ0v) is 8.66. The Morgan fingerprint density at radius 3 is 3.00 bits per heavy atom. The van der Waals surface area contributed by atoms with Gasteiger partial charge in [0.15, 0.2) is 5.01 Å². The summed E-state index contributed by atoms with van der Waals surface area (Å²) >= 11 is 1.35. The number of nitrogens with zero attached hydrogens (tertiary/aromatic N) is 4. The minimum absolute atomic E-state index is 0.477. The molecule has 0 atom stereocenters. The van der Waals surface area contributed by atoms with E-state index in [0.717, 1.165) is 23.7 Å². The number of hydrogen-bond donors (Lipinski definition) is 1. The van der Waals surface area contributed by atoms with Gasteiger partial charge in [0.25, 0.3) is 0 Å². The molecule has 0 radical (unpaired) electrons. The maximum atomic E-state index is 5.49. The lowest BCUT2D eigenvalue weighted by atomic mass is 10.5. The normalized spacial score (nSPS) is 10.6. The van der Waals surface area contributed by atoms with Gasteiger partial charge in [-0.1, -0.05) is 18.3 Å². The molecule has 2 aromatic rings. The van der Waals surface area contributed by atoms with E-state index in [9.17, 15) is 0 Å². The van der Waals surface area contributed by atoms with E-state index in [-0.39, 0.29) is 0 Å². The molecule has 0 saturated carbocycles. The van der Waals surface area contributed by atoms with Crippen molar-refractivity contribution in [1.82, 2.24) is 20.0 Å². The summed E-state index contributed by atoms with van der Waals surface area (Å²) in [5.74, 6) is 0. The van der Waals surface area contributed by atoms with Gasteiger partial charge >= 0.3 is 0 Å². The Kier molecular flexibility index (Phi) is 2.45. The van der Waals surface area contributed by atoms with Crippen molar-refractivity contribution in [2.24, 2.45) is 0 Å². The van der Waals surface area contributed by atoms with E-state index < -0.39 is 0 Å². The number of nitrogens with two attached hydrogens (primary N) is 1. The largest absolute Gasteiger partial charge is 0.374 e. The number of nitrogen functional groups attached to an aromatic ring is 1. The minimum Gasteiger partial charge on any atom is -0.374 e. The van der Waals surface area contributed by atoms with Gasteiger partial charge in [0.1, 0.15) is 5.69 Å². The van der Waals surface area contributed by atoms with Crippen LogP contribution in [0.3, 0.4) is 0 Å². The molecule has 2 rings (SSSR count). The summed E-state index contributed by atoms with van der Waals surface area (Å²) in [7, 11) is 0. The molecule has 0 aromatic carbocycles. The minimum atomic E-state index is 0.477. The molecule has 0 unspecified atom stereocenters. The zero-order chi connectivity index (χ0) is 9.97. The number of aromatic nitrogens is 4. The van der Waals surface area contributed by atoms with Crippen LogP contribution in [0.5, 0.6) is 0 Å². The molecule has 0 bridgehead atoms.